The molecule has 1 aliphatic heterocycles. The predicted molar refractivity (Wildman–Crippen MR) is 82.2 cm³/mol. The summed E-state index contributed by atoms with van der Waals surface area (Å²) in [5.41, 5.74) is 1.68. The molecule has 22 heavy (non-hydrogen) atoms. The lowest BCUT2D eigenvalue weighted by Gasteiger charge is -2.35. The van der Waals surface area contributed by atoms with Gasteiger partial charge in [0.15, 0.2) is 0 Å². The summed E-state index contributed by atoms with van der Waals surface area (Å²) in [6.45, 7) is 5.65. The number of fused-ring (bicyclic) bond motifs is 1. The molecule has 1 aromatic carbocycles. The van der Waals surface area contributed by atoms with Crippen LogP contribution in [0.4, 0.5) is 0 Å². The van der Waals surface area contributed by atoms with Crippen LogP contribution in [0.3, 0.4) is 0 Å². The molecule has 0 bridgehead atoms. The average molecular weight is 303 g/mol. The van der Waals surface area contributed by atoms with Gasteiger partial charge in [0.2, 0.25) is 5.91 Å². The summed E-state index contributed by atoms with van der Waals surface area (Å²) in [4.78, 5) is 16.4. The Hall–Kier alpha value is -1.99. The molecule has 7 nitrogen and oxygen atoms in total. The maximum absolute atomic E-state index is 12.4. The van der Waals surface area contributed by atoms with E-state index < -0.39 is 0 Å². The molecule has 3 rings (SSSR count). The van der Waals surface area contributed by atoms with Crippen LogP contribution < -0.4 is 0 Å². The molecule has 1 fully saturated rings. The number of carbonyl (C=O) groups excluding carboxylic acids is 1. The third kappa shape index (κ3) is 3.26. The second-order valence-electron chi connectivity index (χ2n) is 5.77. The predicted octanol–water partition coefficient (Wildman–Crippen LogP) is -0.0437. The van der Waals surface area contributed by atoms with Crippen molar-refractivity contribution in [3.05, 3.63) is 24.3 Å². The third-order valence-corrected chi connectivity index (χ3v) is 3.95. The third-order valence-electron chi connectivity index (χ3n) is 3.95. The van der Waals surface area contributed by atoms with Crippen LogP contribution in [-0.4, -0.2) is 74.6 Å². The lowest BCUT2D eigenvalue weighted by atomic mass is 10.2. The molecule has 118 valence electrons. The van der Waals surface area contributed by atoms with Crippen molar-refractivity contribution in [3.63, 3.8) is 0 Å². The largest absolute Gasteiger partial charge is 0.392 e. The van der Waals surface area contributed by atoms with Crippen LogP contribution >= 0.6 is 0 Å². The van der Waals surface area contributed by atoms with E-state index in [0.29, 0.717) is 19.6 Å². The molecule has 1 aliphatic rings. The molecule has 0 saturated carbocycles. The van der Waals surface area contributed by atoms with Crippen molar-refractivity contribution < 1.29 is 9.90 Å². The van der Waals surface area contributed by atoms with Crippen molar-refractivity contribution in [1.29, 1.82) is 0 Å². The first-order chi connectivity index (χ1) is 10.6. The molecule has 1 aromatic heterocycles. The number of hydrogen-bond acceptors (Lipinski definition) is 5. The number of para-hydroxylation sites is 1. The molecule has 1 atom stereocenters. The number of piperazine rings is 1. The van der Waals surface area contributed by atoms with Crippen LogP contribution in [-0.2, 0) is 11.3 Å². The average Bonchev–Trinajstić information content (AvgIpc) is 2.91. The smallest absolute Gasteiger partial charge is 0.244 e. The number of aromatic nitrogens is 3. The number of carbonyl (C=O) groups is 1. The molecule has 2 aromatic rings. The van der Waals surface area contributed by atoms with Crippen LogP contribution in [0.15, 0.2) is 24.3 Å². The van der Waals surface area contributed by atoms with Gasteiger partial charge in [-0.2, -0.15) is 0 Å². The molecule has 0 spiro atoms. The first-order valence-corrected chi connectivity index (χ1v) is 7.60. The minimum absolute atomic E-state index is 0.0624. The molecule has 0 aliphatic carbocycles. The highest BCUT2D eigenvalue weighted by molar-refractivity contribution is 5.79. The Bertz CT molecular complexity index is 646. The second-order valence-corrected chi connectivity index (χ2v) is 5.77. The molecule has 1 N–H and O–H groups in total. The van der Waals surface area contributed by atoms with E-state index in [-0.39, 0.29) is 18.6 Å². The Morgan fingerprint density at radius 2 is 2.00 bits per heavy atom. The van der Waals surface area contributed by atoms with Crippen molar-refractivity contribution >= 4 is 16.9 Å². The first-order valence-electron chi connectivity index (χ1n) is 7.60. The molecular weight excluding hydrogens is 282 g/mol. The quantitative estimate of drug-likeness (QED) is 0.857. The zero-order chi connectivity index (χ0) is 15.5. The molecule has 0 unspecified atom stereocenters. The van der Waals surface area contributed by atoms with E-state index in [1.54, 1.807) is 11.6 Å². The van der Waals surface area contributed by atoms with Crippen molar-refractivity contribution in [1.82, 2.24) is 24.8 Å². The Balaban J connectivity index is 1.59. The maximum Gasteiger partial charge on any atom is 0.244 e. The zero-order valence-corrected chi connectivity index (χ0v) is 12.7. The summed E-state index contributed by atoms with van der Waals surface area (Å²) in [6, 6.07) is 7.63. The highest BCUT2D eigenvalue weighted by Crippen LogP contribution is 2.11. The minimum atomic E-state index is -0.330. The van der Waals surface area contributed by atoms with Crippen LogP contribution in [0, 0.1) is 0 Å². The van der Waals surface area contributed by atoms with Gasteiger partial charge >= 0.3 is 0 Å². The van der Waals surface area contributed by atoms with Crippen LogP contribution in [0.2, 0.25) is 0 Å². The lowest BCUT2D eigenvalue weighted by molar-refractivity contribution is -0.133. The van der Waals surface area contributed by atoms with Crippen LogP contribution in [0.1, 0.15) is 6.92 Å². The topological polar surface area (TPSA) is 74.5 Å². The van der Waals surface area contributed by atoms with Gasteiger partial charge in [0.1, 0.15) is 12.1 Å². The van der Waals surface area contributed by atoms with Crippen molar-refractivity contribution in [2.45, 2.75) is 19.6 Å². The Morgan fingerprint density at radius 3 is 2.73 bits per heavy atom. The van der Waals surface area contributed by atoms with Crippen molar-refractivity contribution in [2.75, 3.05) is 32.7 Å². The van der Waals surface area contributed by atoms with E-state index in [4.69, 9.17) is 0 Å². The normalized spacial score (nSPS) is 17.8. The first kappa shape index (κ1) is 14.9. The van der Waals surface area contributed by atoms with Crippen molar-refractivity contribution in [3.8, 4) is 0 Å². The number of aliphatic hydroxyl groups is 1. The summed E-state index contributed by atoms with van der Waals surface area (Å²) in [7, 11) is 0. The van der Waals surface area contributed by atoms with Gasteiger partial charge in [-0.1, -0.05) is 17.3 Å². The fourth-order valence-corrected chi connectivity index (χ4v) is 2.82. The Morgan fingerprint density at radius 1 is 1.27 bits per heavy atom. The van der Waals surface area contributed by atoms with Gasteiger partial charge in [-0.05, 0) is 19.1 Å². The van der Waals surface area contributed by atoms with Gasteiger partial charge in [-0.15, -0.1) is 5.10 Å². The highest BCUT2D eigenvalue weighted by atomic mass is 16.3. The maximum atomic E-state index is 12.4. The van der Waals surface area contributed by atoms with Gasteiger partial charge < -0.3 is 10.0 Å². The van der Waals surface area contributed by atoms with Crippen LogP contribution in [0.25, 0.3) is 11.0 Å². The Labute approximate surface area is 129 Å². The molecular formula is C15H21N5O2. The molecule has 1 saturated heterocycles. The van der Waals surface area contributed by atoms with E-state index in [0.717, 1.165) is 24.1 Å². The van der Waals surface area contributed by atoms with Gasteiger partial charge in [-0.3, -0.25) is 9.69 Å². The van der Waals surface area contributed by atoms with Gasteiger partial charge in [0.25, 0.3) is 0 Å². The number of β-amino-alcohol motifs (C(OH)–C–C–N with tert-alkyl or cyclic N) is 1. The summed E-state index contributed by atoms with van der Waals surface area (Å²) in [6.07, 6.45) is -0.330. The summed E-state index contributed by atoms with van der Waals surface area (Å²) in [5.74, 6) is 0.0624. The summed E-state index contributed by atoms with van der Waals surface area (Å²) in [5, 5.41) is 17.5. The van der Waals surface area contributed by atoms with E-state index in [1.165, 1.54) is 0 Å². The molecule has 2 heterocycles. The van der Waals surface area contributed by atoms with E-state index in [1.807, 2.05) is 29.2 Å². The molecule has 0 radical (unpaired) electrons. The summed E-state index contributed by atoms with van der Waals surface area (Å²) < 4.78 is 1.65. The highest BCUT2D eigenvalue weighted by Gasteiger charge is 2.22. The standard InChI is InChI=1S/C15H21N5O2/c1-12(21)10-18-6-8-19(9-7-18)15(22)11-20-14-5-3-2-4-13(14)16-17-20/h2-5,12,21H,6-11H2,1H3/t12-/m0/s1. The number of nitrogens with zero attached hydrogens (tertiary/aromatic N) is 5. The number of aliphatic hydroxyl groups excluding tert-OH is 1. The number of hydrogen-bond donors (Lipinski definition) is 1. The van der Waals surface area contributed by atoms with Gasteiger partial charge in [0, 0.05) is 32.7 Å². The van der Waals surface area contributed by atoms with Gasteiger partial charge in [-0.25, -0.2) is 4.68 Å². The Kier molecular flexibility index (Phi) is 4.35. The zero-order valence-electron chi connectivity index (χ0n) is 12.7. The van der Waals surface area contributed by atoms with Gasteiger partial charge in [0.05, 0.1) is 11.6 Å². The fourth-order valence-electron chi connectivity index (χ4n) is 2.82. The monoisotopic (exact) mass is 303 g/mol. The minimum Gasteiger partial charge on any atom is -0.392 e. The number of rotatable bonds is 4. The van der Waals surface area contributed by atoms with E-state index in [9.17, 15) is 9.90 Å². The van der Waals surface area contributed by atoms with Crippen molar-refractivity contribution in [2.24, 2.45) is 0 Å². The summed E-state index contributed by atoms with van der Waals surface area (Å²) >= 11 is 0. The fraction of sp³-hybridized carbons (Fsp3) is 0.533. The van der Waals surface area contributed by atoms with Crippen LogP contribution in [0.5, 0.6) is 0 Å². The molecule has 7 heteroatoms. The SMILES string of the molecule is C[C@H](O)CN1CCN(C(=O)Cn2nnc3ccccc32)CC1. The molecule has 1 amide bonds. The van der Waals surface area contributed by atoms with E-state index in [2.05, 4.69) is 15.2 Å². The number of amides is 1. The lowest BCUT2D eigenvalue weighted by Crippen LogP contribution is -2.50. The van der Waals surface area contributed by atoms with E-state index >= 15 is 0 Å². The second kappa shape index (κ2) is 6.41. The number of benzene rings is 1.